The average molecular weight is 400 g/mol. The average Bonchev–Trinajstić information content (AvgIpc) is 2.61. The Labute approximate surface area is 155 Å². The first-order valence-corrected chi connectivity index (χ1v) is 9.63. The molecule has 1 amide bonds. The number of nitrogens with one attached hydrogen (secondary N) is 2. The summed E-state index contributed by atoms with van der Waals surface area (Å²) in [5.41, 5.74) is -1.36. The van der Waals surface area contributed by atoms with Crippen molar-refractivity contribution in [3.8, 4) is 0 Å². The lowest BCUT2D eigenvalue weighted by molar-refractivity contribution is -0.139. The summed E-state index contributed by atoms with van der Waals surface area (Å²) in [6, 6.07) is 9.45. The Bertz CT molecular complexity index is 927. The van der Waals surface area contributed by atoms with Crippen LogP contribution in [0.25, 0.3) is 0 Å². The topological polar surface area (TPSA) is 75.3 Å². The fourth-order valence-electron chi connectivity index (χ4n) is 2.31. The van der Waals surface area contributed by atoms with Crippen molar-refractivity contribution in [2.75, 3.05) is 4.72 Å². The summed E-state index contributed by atoms with van der Waals surface area (Å²) in [7, 11) is -4.57. The van der Waals surface area contributed by atoms with Crippen molar-refractivity contribution in [1.82, 2.24) is 5.32 Å². The van der Waals surface area contributed by atoms with Crippen LogP contribution in [0.1, 0.15) is 36.2 Å². The molecule has 0 aromatic heterocycles. The Kier molecular flexibility index (Phi) is 6.15. The molecule has 2 aromatic carbocycles. The van der Waals surface area contributed by atoms with Gasteiger partial charge in [0.15, 0.2) is 0 Å². The van der Waals surface area contributed by atoms with Crippen LogP contribution in [0.5, 0.6) is 0 Å². The van der Waals surface area contributed by atoms with Gasteiger partial charge in [0.25, 0.3) is 15.9 Å². The molecule has 0 saturated heterocycles. The summed E-state index contributed by atoms with van der Waals surface area (Å²) in [5, 5.41) is 2.69. The van der Waals surface area contributed by atoms with Gasteiger partial charge in [-0.2, -0.15) is 13.2 Å². The number of anilines is 1. The number of benzene rings is 2. The predicted octanol–water partition coefficient (Wildman–Crippen LogP) is 4.03. The van der Waals surface area contributed by atoms with Crippen molar-refractivity contribution in [1.29, 1.82) is 0 Å². The molecule has 2 N–H and O–H groups in total. The van der Waals surface area contributed by atoms with E-state index in [-0.39, 0.29) is 17.3 Å². The van der Waals surface area contributed by atoms with Crippen LogP contribution in [0.4, 0.5) is 18.9 Å². The molecule has 9 heteroatoms. The van der Waals surface area contributed by atoms with E-state index in [0.717, 1.165) is 12.1 Å². The second-order valence-electron chi connectivity index (χ2n) is 5.93. The number of amides is 1. The third kappa shape index (κ3) is 5.00. The van der Waals surface area contributed by atoms with E-state index in [2.05, 4.69) is 10.0 Å². The third-order valence-corrected chi connectivity index (χ3v) is 5.31. The molecule has 0 saturated carbocycles. The number of halogens is 3. The van der Waals surface area contributed by atoms with E-state index in [1.807, 2.05) is 6.92 Å². The van der Waals surface area contributed by atoms with Crippen LogP contribution in [0.15, 0.2) is 53.4 Å². The van der Waals surface area contributed by atoms with E-state index in [9.17, 15) is 26.4 Å². The van der Waals surface area contributed by atoms with Crippen molar-refractivity contribution in [3.05, 3.63) is 59.7 Å². The maximum absolute atomic E-state index is 13.2. The van der Waals surface area contributed by atoms with Crippen molar-refractivity contribution < 1.29 is 26.4 Å². The molecule has 0 heterocycles. The van der Waals surface area contributed by atoms with Crippen molar-refractivity contribution in [2.24, 2.45) is 0 Å². The smallest absolute Gasteiger partial charge is 0.350 e. The van der Waals surface area contributed by atoms with Gasteiger partial charge >= 0.3 is 6.18 Å². The summed E-state index contributed by atoms with van der Waals surface area (Å²) in [4.78, 5) is 11.4. The lowest BCUT2D eigenvalue weighted by atomic mass is 10.1. The van der Waals surface area contributed by atoms with Gasteiger partial charge in [-0.25, -0.2) is 8.42 Å². The molecule has 2 aromatic rings. The van der Waals surface area contributed by atoms with Crippen LogP contribution in [-0.2, 0) is 16.2 Å². The van der Waals surface area contributed by atoms with Gasteiger partial charge in [0.2, 0.25) is 0 Å². The Hall–Kier alpha value is -2.55. The largest absolute Gasteiger partial charge is 0.417 e. The molecule has 0 unspecified atom stereocenters. The monoisotopic (exact) mass is 400 g/mol. The Balaban J connectivity index is 2.42. The number of rotatable bonds is 6. The minimum absolute atomic E-state index is 0.0193. The third-order valence-electron chi connectivity index (χ3n) is 3.89. The fraction of sp³-hybridized carbons (Fsp3) is 0.278. The zero-order valence-corrected chi connectivity index (χ0v) is 15.5. The van der Waals surface area contributed by atoms with E-state index >= 15 is 0 Å². The first kappa shape index (κ1) is 20.8. The number of alkyl halides is 3. The zero-order chi connectivity index (χ0) is 20.2. The summed E-state index contributed by atoms with van der Waals surface area (Å²) in [6.45, 7) is 3.65. The zero-order valence-electron chi connectivity index (χ0n) is 14.7. The molecule has 5 nitrogen and oxygen atoms in total. The standard InChI is InChI=1S/C18H19F3N2O3S/c1-3-12(2)22-17(24)13-8-4-6-10-15(13)23-27(25,26)16-11-7-5-9-14(16)18(19,20)21/h4-12,23H,3H2,1-2H3,(H,22,24)/t12-/m1/s1. The van der Waals surface area contributed by atoms with Gasteiger partial charge in [-0.1, -0.05) is 31.2 Å². The maximum atomic E-state index is 13.2. The van der Waals surface area contributed by atoms with Gasteiger partial charge in [-0.05, 0) is 37.6 Å². The number of carbonyl (C=O) groups is 1. The van der Waals surface area contributed by atoms with Crippen LogP contribution in [0.2, 0.25) is 0 Å². The number of sulfonamides is 1. The van der Waals surface area contributed by atoms with E-state index < -0.39 is 32.6 Å². The van der Waals surface area contributed by atoms with Gasteiger partial charge in [0, 0.05) is 6.04 Å². The maximum Gasteiger partial charge on any atom is 0.417 e. The Morgan fingerprint density at radius 3 is 2.30 bits per heavy atom. The van der Waals surface area contributed by atoms with Crippen LogP contribution in [-0.4, -0.2) is 20.4 Å². The highest BCUT2D eigenvalue weighted by Crippen LogP contribution is 2.34. The molecular formula is C18H19F3N2O3S. The summed E-state index contributed by atoms with van der Waals surface area (Å²) in [6.07, 6.45) is -4.17. The minimum Gasteiger partial charge on any atom is -0.350 e. The number of hydrogen-bond acceptors (Lipinski definition) is 3. The van der Waals surface area contributed by atoms with Gasteiger partial charge in [0.05, 0.1) is 21.7 Å². The van der Waals surface area contributed by atoms with Gasteiger partial charge in [-0.3, -0.25) is 9.52 Å². The molecule has 27 heavy (non-hydrogen) atoms. The highest BCUT2D eigenvalue weighted by atomic mass is 32.2. The molecule has 0 aliphatic carbocycles. The van der Waals surface area contributed by atoms with E-state index in [4.69, 9.17) is 0 Å². The lowest BCUT2D eigenvalue weighted by Gasteiger charge is -2.17. The molecule has 0 aliphatic heterocycles. The van der Waals surface area contributed by atoms with Crippen LogP contribution >= 0.6 is 0 Å². The highest BCUT2D eigenvalue weighted by molar-refractivity contribution is 7.92. The number of para-hydroxylation sites is 1. The molecule has 146 valence electrons. The number of hydrogen-bond donors (Lipinski definition) is 2. The van der Waals surface area contributed by atoms with Crippen LogP contribution < -0.4 is 10.0 Å². The fourth-order valence-corrected chi connectivity index (χ4v) is 3.62. The first-order valence-electron chi connectivity index (χ1n) is 8.15. The van der Waals surface area contributed by atoms with E-state index in [1.54, 1.807) is 6.92 Å². The summed E-state index contributed by atoms with van der Waals surface area (Å²) >= 11 is 0. The summed E-state index contributed by atoms with van der Waals surface area (Å²) < 4.78 is 66.7. The Morgan fingerprint density at radius 1 is 1.07 bits per heavy atom. The molecule has 0 bridgehead atoms. The van der Waals surface area contributed by atoms with Gasteiger partial charge < -0.3 is 5.32 Å². The molecule has 0 aliphatic rings. The molecule has 2 rings (SSSR count). The second-order valence-corrected chi connectivity index (χ2v) is 7.58. The van der Waals surface area contributed by atoms with Crippen molar-refractivity contribution >= 4 is 21.6 Å². The summed E-state index contributed by atoms with van der Waals surface area (Å²) in [5.74, 6) is -0.522. The molecule has 0 spiro atoms. The SMILES string of the molecule is CC[C@@H](C)NC(=O)c1ccccc1NS(=O)(=O)c1ccccc1C(F)(F)F. The van der Waals surface area contributed by atoms with Crippen LogP contribution in [0, 0.1) is 0 Å². The van der Waals surface area contributed by atoms with Crippen LogP contribution in [0.3, 0.4) is 0 Å². The minimum atomic E-state index is -4.83. The quantitative estimate of drug-likeness (QED) is 0.769. The number of carbonyl (C=O) groups excluding carboxylic acids is 1. The molecule has 0 fully saturated rings. The Morgan fingerprint density at radius 2 is 1.67 bits per heavy atom. The molecule has 0 radical (unpaired) electrons. The lowest BCUT2D eigenvalue weighted by Crippen LogP contribution is -2.32. The molecular weight excluding hydrogens is 381 g/mol. The van der Waals surface area contributed by atoms with Crippen molar-refractivity contribution in [2.45, 2.75) is 37.4 Å². The van der Waals surface area contributed by atoms with Gasteiger partial charge in [-0.15, -0.1) is 0 Å². The second kappa shape index (κ2) is 7.99. The predicted molar refractivity (Wildman–Crippen MR) is 95.9 cm³/mol. The first-order chi connectivity index (χ1) is 12.6. The van der Waals surface area contributed by atoms with E-state index in [0.29, 0.717) is 12.5 Å². The van der Waals surface area contributed by atoms with Gasteiger partial charge in [0.1, 0.15) is 0 Å². The highest BCUT2D eigenvalue weighted by Gasteiger charge is 2.37. The molecule has 1 atom stereocenters. The normalized spacial score (nSPS) is 13.1. The van der Waals surface area contributed by atoms with E-state index in [1.165, 1.54) is 30.3 Å². The van der Waals surface area contributed by atoms with Crippen molar-refractivity contribution in [3.63, 3.8) is 0 Å².